The Balaban J connectivity index is 2.42. The average molecular weight is 242 g/mol. The number of oxazole rings is 1. The summed E-state index contributed by atoms with van der Waals surface area (Å²) in [6, 6.07) is 9.26. The monoisotopic (exact) mass is 242 g/mol. The highest BCUT2D eigenvalue weighted by Crippen LogP contribution is 2.21. The summed E-state index contributed by atoms with van der Waals surface area (Å²) in [6.45, 7) is 0. The third-order valence-corrected chi connectivity index (χ3v) is 3.65. The fourth-order valence-corrected chi connectivity index (χ4v) is 2.76. The molecule has 0 radical (unpaired) electrons. The van der Waals surface area contributed by atoms with Gasteiger partial charge in [0.25, 0.3) is 5.56 Å². The fourth-order valence-electron chi connectivity index (χ4n) is 2.00. The molecule has 5 heteroatoms. The number of hydrogen-bond donors (Lipinski definition) is 0. The van der Waals surface area contributed by atoms with Gasteiger partial charge in [-0.1, -0.05) is 12.1 Å². The Morgan fingerprint density at radius 2 is 2.12 bits per heavy atom. The second-order valence-electron chi connectivity index (χ2n) is 3.74. The molecular weight excluding hydrogens is 236 g/mol. The van der Waals surface area contributed by atoms with Gasteiger partial charge in [0.15, 0.2) is 5.58 Å². The maximum absolute atomic E-state index is 12.3. The molecule has 0 bridgehead atoms. The van der Waals surface area contributed by atoms with E-state index >= 15 is 0 Å². The van der Waals surface area contributed by atoms with Crippen molar-refractivity contribution >= 4 is 38.5 Å². The van der Waals surface area contributed by atoms with Crippen LogP contribution in [0, 0.1) is 0 Å². The maximum Gasteiger partial charge on any atom is 0.310 e. The molecule has 0 aliphatic heterocycles. The third kappa shape index (κ3) is 1.06. The number of para-hydroxylation sites is 2. The average Bonchev–Trinajstić information content (AvgIpc) is 2.92. The van der Waals surface area contributed by atoms with Gasteiger partial charge < -0.3 is 4.42 Å². The van der Waals surface area contributed by atoms with E-state index in [1.165, 1.54) is 15.7 Å². The summed E-state index contributed by atoms with van der Waals surface area (Å²) in [7, 11) is 0. The Morgan fingerprint density at radius 1 is 1.24 bits per heavy atom. The number of nitrogens with zero attached hydrogens (tertiary/aromatic N) is 2. The number of hydrogen-bond acceptors (Lipinski definition) is 4. The topological polar surface area (TPSA) is 47.5 Å². The zero-order chi connectivity index (χ0) is 11.4. The van der Waals surface area contributed by atoms with E-state index in [-0.39, 0.29) is 5.56 Å². The van der Waals surface area contributed by atoms with Crippen LogP contribution in [0.3, 0.4) is 0 Å². The minimum Gasteiger partial charge on any atom is -0.423 e. The van der Waals surface area contributed by atoms with Gasteiger partial charge in [-0.05, 0) is 23.6 Å². The molecule has 0 spiro atoms. The number of thiophene rings is 1. The predicted molar refractivity (Wildman–Crippen MR) is 66.6 cm³/mol. The van der Waals surface area contributed by atoms with Gasteiger partial charge in [0.2, 0.25) is 0 Å². The first-order valence-electron chi connectivity index (χ1n) is 5.12. The lowest BCUT2D eigenvalue weighted by atomic mass is 10.3. The van der Waals surface area contributed by atoms with Crippen LogP contribution in [0.5, 0.6) is 0 Å². The van der Waals surface area contributed by atoms with Crippen molar-refractivity contribution in [2.45, 2.75) is 0 Å². The lowest BCUT2D eigenvalue weighted by Crippen LogP contribution is -2.11. The molecule has 0 aliphatic carbocycles. The Hall–Kier alpha value is -2.14. The third-order valence-electron chi connectivity index (χ3n) is 2.76. The van der Waals surface area contributed by atoms with E-state index in [9.17, 15) is 4.79 Å². The van der Waals surface area contributed by atoms with Crippen LogP contribution >= 0.6 is 11.3 Å². The highest BCUT2D eigenvalue weighted by molar-refractivity contribution is 7.17. The minimum atomic E-state index is -0.0649. The normalized spacial score (nSPS) is 11.8. The maximum atomic E-state index is 12.3. The van der Waals surface area contributed by atoms with Crippen molar-refractivity contribution in [3.8, 4) is 0 Å². The van der Waals surface area contributed by atoms with Crippen molar-refractivity contribution < 1.29 is 4.42 Å². The van der Waals surface area contributed by atoms with E-state index < -0.39 is 0 Å². The Labute approximate surface area is 98.7 Å². The van der Waals surface area contributed by atoms with Crippen LogP contribution in [0.1, 0.15) is 0 Å². The Bertz CT molecular complexity index is 916. The van der Waals surface area contributed by atoms with Crippen LogP contribution in [0.2, 0.25) is 0 Å². The van der Waals surface area contributed by atoms with E-state index in [1.54, 1.807) is 0 Å². The molecule has 4 rings (SSSR count). The quantitative estimate of drug-likeness (QED) is 0.476. The minimum absolute atomic E-state index is 0.0649. The summed E-state index contributed by atoms with van der Waals surface area (Å²) >= 11 is 1.40. The Kier molecular flexibility index (Phi) is 1.55. The van der Waals surface area contributed by atoms with Crippen molar-refractivity contribution in [1.82, 2.24) is 9.38 Å². The molecule has 3 heterocycles. The van der Waals surface area contributed by atoms with Gasteiger partial charge in [-0.25, -0.2) is 4.40 Å². The highest BCUT2D eigenvalue weighted by atomic mass is 32.1. The molecule has 1 aromatic carbocycles. The summed E-state index contributed by atoms with van der Waals surface area (Å²) in [5.74, 6) is 0.349. The second kappa shape index (κ2) is 2.95. The Morgan fingerprint density at radius 3 is 3.06 bits per heavy atom. The van der Waals surface area contributed by atoms with Gasteiger partial charge in [-0.15, -0.1) is 11.3 Å². The number of fused-ring (bicyclic) bond motifs is 4. The molecule has 17 heavy (non-hydrogen) atoms. The molecule has 0 amide bonds. The van der Waals surface area contributed by atoms with Gasteiger partial charge >= 0.3 is 5.84 Å². The van der Waals surface area contributed by atoms with Crippen molar-refractivity contribution in [1.29, 1.82) is 0 Å². The lowest BCUT2D eigenvalue weighted by molar-refractivity contribution is 0.637. The fraction of sp³-hybridized carbons (Fsp3) is 0. The first kappa shape index (κ1) is 8.95. The lowest BCUT2D eigenvalue weighted by Gasteiger charge is -1.92. The largest absolute Gasteiger partial charge is 0.423 e. The van der Waals surface area contributed by atoms with Crippen LogP contribution in [-0.2, 0) is 0 Å². The molecule has 0 unspecified atom stereocenters. The van der Waals surface area contributed by atoms with Crippen molar-refractivity contribution in [2.75, 3.05) is 0 Å². The molecule has 4 aromatic rings. The van der Waals surface area contributed by atoms with Crippen LogP contribution in [-0.4, -0.2) is 9.38 Å². The van der Waals surface area contributed by atoms with Crippen LogP contribution < -0.4 is 5.56 Å². The molecule has 82 valence electrons. The van der Waals surface area contributed by atoms with Gasteiger partial charge in [0, 0.05) is 0 Å². The number of rotatable bonds is 0. The SMILES string of the molecule is O=c1c2sccc2nc2oc3ccccc3n12. The summed E-state index contributed by atoms with van der Waals surface area (Å²) in [6.07, 6.45) is 0. The second-order valence-corrected chi connectivity index (χ2v) is 4.66. The smallest absolute Gasteiger partial charge is 0.310 e. The zero-order valence-corrected chi connectivity index (χ0v) is 9.40. The van der Waals surface area contributed by atoms with Gasteiger partial charge in [0.1, 0.15) is 4.70 Å². The van der Waals surface area contributed by atoms with Gasteiger partial charge in [0.05, 0.1) is 11.0 Å². The summed E-state index contributed by atoms with van der Waals surface area (Å²) < 4.78 is 7.75. The highest BCUT2D eigenvalue weighted by Gasteiger charge is 2.12. The molecule has 0 saturated heterocycles. The van der Waals surface area contributed by atoms with Gasteiger partial charge in [-0.3, -0.25) is 4.79 Å². The van der Waals surface area contributed by atoms with E-state index in [0.29, 0.717) is 21.6 Å². The van der Waals surface area contributed by atoms with Crippen molar-refractivity contribution in [2.24, 2.45) is 0 Å². The van der Waals surface area contributed by atoms with Crippen molar-refractivity contribution in [3.63, 3.8) is 0 Å². The molecule has 0 fully saturated rings. The molecule has 0 saturated carbocycles. The van der Waals surface area contributed by atoms with Crippen LogP contribution in [0.15, 0.2) is 44.9 Å². The van der Waals surface area contributed by atoms with E-state index in [0.717, 1.165) is 5.52 Å². The zero-order valence-electron chi connectivity index (χ0n) is 8.58. The van der Waals surface area contributed by atoms with E-state index in [4.69, 9.17) is 4.42 Å². The molecule has 0 atom stereocenters. The molecule has 0 N–H and O–H groups in total. The van der Waals surface area contributed by atoms with E-state index in [2.05, 4.69) is 4.98 Å². The molecule has 4 nitrogen and oxygen atoms in total. The summed E-state index contributed by atoms with van der Waals surface area (Å²) in [5, 5.41) is 1.86. The first-order chi connectivity index (χ1) is 8.34. The predicted octanol–water partition coefficient (Wildman–Crippen LogP) is 2.66. The standard InChI is InChI=1S/C12H6N2O2S/c15-11-10-7(5-6-17-10)13-12-14(11)8-3-1-2-4-9(8)16-12/h1-6H. The van der Waals surface area contributed by atoms with E-state index in [1.807, 2.05) is 35.7 Å². The molecule has 0 aliphatic rings. The number of aromatic nitrogens is 2. The molecular formula is C12H6N2O2S. The summed E-state index contributed by atoms with van der Waals surface area (Å²) in [5.41, 5.74) is 2.06. The van der Waals surface area contributed by atoms with Crippen LogP contribution in [0.4, 0.5) is 0 Å². The van der Waals surface area contributed by atoms with Gasteiger partial charge in [-0.2, -0.15) is 4.98 Å². The number of benzene rings is 1. The summed E-state index contributed by atoms with van der Waals surface area (Å²) in [4.78, 5) is 16.6. The first-order valence-corrected chi connectivity index (χ1v) is 6.00. The van der Waals surface area contributed by atoms with Crippen LogP contribution in [0.25, 0.3) is 27.2 Å². The van der Waals surface area contributed by atoms with Crippen molar-refractivity contribution in [3.05, 3.63) is 46.1 Å². The molecule has 3 aromatic heterocycles.